The Morgan fingerprint density at radius 3 is 2.93 bits per heavy atom. The van der Waals surface area contributed by atoms with Crippen LogP contribution in [0.25, 0.3) is 0 Å². The lowest BCUT2D eigenvalue weighted by Crippen LogP contribution is -2.30. The van der Waals surface area contributed by atoms with E-state index in [0.29, 0.717) is 0 Å². The van der Waals surface area contributed by atoms with Gasteiger partial charge in [-0.1, -0.05) is 11.6 Å². The molecule has 0 amide bonds. The number of hydrogen-bond donors (Lipinski definition) is 1. The predicted molar refractivity (Wildman–Crippen MR) is 65.2 cm³/mol. The van der Waals surface area contributed by atoms with Crippen molar-refractivity contribution in [1.29, 1.82) is 0 Å². The van der Waals surface area contributed by atoms with Crippen LogP contribution in [-0.2, 0) is 0 Å². The third kappa shape index (κ3) is 1.57. The van der Waals surface area contributed by atoms with Crippen LogP contribution in [0.2, 0.25) is 5.02 Å². The van der Waals surface area contributed by atoms with Crippen LogP contribution in [0.1, 0.15) is 24.3 Å². The molecule has 1 aromatic carbocycles. The molecule has 0 atom stereocenters. The highest BCUT2D eigenvalue weighted by molar-refractivity contribution is 6.32. The minimum atomic E-state index is 0.720. The van der Waals surface area contributed by atoms with Crippen LogP contribution in [-0.4, -0.2) is 20.1 Å². The van der Waals surface area contributed by atoms with Crippen LogP contribution in [0.3, 0.4) is 0 Å². The number of rotatable bonds is 1. The van der Waals surface area contributed by atoms with Gasteiger partial charge in [-0.25, -0.2) is 0 Å². The summed E-state index contributed by atoms with van der Waals surface area (Å²) in [6.45, 7) is 2.07. The summed E-state index contributed by atoms with van der Waals surface area (Å²) in [7, 11) is 2.14. The average Bonchev–Trinajstić information content (AvgIpc) is 3.01. The van der Waals surface area contributed by atoms with Gasteiger partial charge in [0.05, 0.1) is 11.4 Å². The summed E-state index contributed by atoms with van der Waals surface area (Å²) < 4.78 is 0. The van der Waals surface area contributed by atoms with Gasteiger partial charge in [0.2, 0.25) is 0 Å². The molecule has 0 bridgehead atoms. The van der Waals surface area contributed by atoms with Gasteiger partial charge in [-0.05, 0) is 36.5 Å². The average molecular weight is 223 g/mol. The summed E-state index contributed by atoms with van der Waals surface area (Å²) in [6, 6.07) is 4.35. The minimum absolute atomic E-state index is 0.720. The maximum atomic E-state index is 6.29. The van der Waals surface area contributed by atoms with Crippen molar-refractivity contribution in [1.82, 2.24) is 0 Å². The van der Waals surface area contributed by atoms with E-state index in [-0.39, 0.29) is 0 Å². The van der Waals surface area contributed by atoms with Gasteiger partial charge in [0.15, 0.2) is 0 Å². The zero-order valence-corrected chi connectivity index (χ0v) is 9.64. The number of halogens is 1. The van der Waals surface area contributed by atoms with Crippen LogP contribution < -0.4 is 10.2 Å². The fraction of sp³-hybridized carbons (Fsp3) is 0.500. The van der Waals surface area contributed by atoms with Crippen LogP contribution in [0.5, 0.6) is 0 Å². The molecule has 0 radical (unpaired) electrons. The van der Waals surface area contributed by atoms with Crippen molar-refractivity contribution in [2.45, 2.75) is 18.8 Å². The third-order valence-electron chi connectivity index (χ3n) is 3.31. The normalized spacial score (nSPS) is 19.7. The lowest BCUT2D eigenvalue weighted by molar-refractivity contribution is 0.884. The SMILES string of the molecule is CN1CCNc2cc(Cl)c(C3CC3)cc21. The molecule has 0 spiro atoms. The summed E-state index contributed by atoms with van der Waals surface area (Å²) >= 11 is 6.29. The molecular formula is C12H15ClN2. The molecule has 2 nitrogen and oxygen atoms in total. The number of nitrogens with zero attached hydrogens (tertiary/aromatic N) is 1. The fourth-order valence-electron chi connectivity index (χ4n) is 2.22. The Morgan fingerprint density at radius 2 is 2.20 bits per heavy atom. The Hall–Kier alpha value is -0.890. The van der Waals surface area contributed by atoms with Crippen molar-refractivity contribution in [2.24, 2.45) is 0 Å². The summed E-state index contributed by atoms with van der Waals surface area (Å²) in [4.78, 5) is 2.30. The summed E-state index contributed by atoms with van der Waals surface area (Å²) in [6.07, 6.45) is 2.60. The molecule has 3 heteroatoms. The molecule has 0 aromatic heterocycles. The van der Waals surface area contributed by atoms with Gasteiger partial charge >= 0.3 is 0 Å². The monoisotopic (exact) mass is 222 g/mol. The Balaban J connectivity index is 2.08. The topological polar surface area (TPSA) is 15.3 Å². The van der Waals surface area contributed by atoms with Gasteiger partial charge in [0.25, 0.3) is 0 Å². The van der Waals surface area contributed by atoms with E-state index in [1.54, 1.807) is 0 Å². The predicted octanol–water partition coefficient (Wildman–Crippen LogP) is 3.08. The quantitative estimate of drug-likeness (QED) is 0.786. The van der Waals surface area contributed by atoms with E-state index in [9.17, 15) is 0 Å². The number of likely N-dealkylation sites (N-methyl/N-ethyl adjacent to an activating group) is 1. The second kappa shape index (κ2) is 3.31. The number of fused-ring (bicyclic) bond motifs is 1. The van der Waals surface area contributed by atoms with Gasteiger partial charge in [-0.3, -0.25) is 0 Å². The highest BCUT2D eigenvalue weighted by atomic mass is 35.5. The van der Waals surface area contributed by atoms with E-state index in [2.05, 4.69) is 29.4 Å². The first-order valence-corrected chi connectivity index (χ1v) is 5.92. The van der Waals surface area contributed by atoms with Crippen molar-refractivity contribution in [2.75, 3.05) is 30.4 Å². The van der Waals surface area contributed by atoms with E-state index in [4.69, 9.17) is 11.6 Å². The van der Waals surface area contributed by atoms with E-state index < -0.39 is 0 Å². The molecule has 0 saturated heterocycles. The maximum absolute atomic E-state index is 6.29. The van der Waals surface area contributed by atoms with Gasteiger partial charge in [0.1, 0.15) is 0 Å². The molecule has 1 heterocycles. The van der Waals surface area contributed by atoms with Crippen molar-refractivity contribution >= 4 is 23.0 Å². The molecule has 1 aliphatic carbocycles. The molecule has 0 unspecified atom stereocenters. The smallest absolute Gasteiger partial charge is 0.0603 e. The molecule has 15 heavy (non-hydrogen) atoms. The lowest BCUT2D eigenvalue weighted by atomic mass is 10.1. The molecule has 3 rings (SSSR count). The van der Waals surface area contributed by atoms with E-state index in [1.165, 1.54) is 29.8 Å². The third-order valence-corrected chi connectivity index (χ3v) is 3.63. The van der Waals surface area contributed by atoms with Gasteiger partial charge < -0.3 is 10.2 Å². The van der Waals surface area contributed by atoms with Crippen LogP contribution >= 0.6 is 11.6 Å². The highest BCUT2D eigenvalue weighted by Gasteiger charge is 2.27. The first-order valence-electron chi connectivity index (χ1n) is 5.54. The van der Waals surface area contributed by atoms with Crippen LogP contribution in [0.4, 0.5) is 11.4 Å². The van der Waals surface area contributed by atoms with Gasteiger partial charge in [-0.2, -0.15) is 0 Å². The molecule has 2 aliphatic rings. The second-order valence-electron chi connectivity index (χ2n) is 4.51. The highest BCUT2D eigenvalue weighted by Crippen LogP contribution is 2.46. The fourth-order valence-corrected chi connectivity index (χ4v) is 2.54. The summed E-state index contributed by atoms with van der Waals surface area (Å²) in [5.41, 5.74) is 3.82. The second-order valence-corrected chi connectivity index (χ2v) is 4.92. The van der Waals surface area contributed by atoms with Crippen molar-refractivity contribution in [3.8, 4) is 0 Å². The molecule has 1 aromatic rings. The molecular weight excluding hydrogens is 208 g/mol. The Kier molecular flexibility index (Phi) is 2.06. The van der Waals surface area contributed by atoms with Crippen LogP contribution in [0.15, 0.2) is 12.1 Å². The Bertz CT molecular complexity index is 399. The van der Waals surface area contributed by atoms with Crippen molar-refractivity contribution in [3.63, 3.8) is 0 Å². The van der Waals surface area contributed by atoms with Gasteiger partial charge in [-0.15, -0.1) is 0 Å². The zero-order valence-electron chi connectivity index (χ0n) is 8.89. The largest absolute Gasteiger partial charge is 0.382 e. The first-order chi connectivity index (χ1) is 7.25. The van der Waals surface area contributed by atoms with E-state index in [1.807, 2.05) is 0 Å². The van der Waals surface area contributed by atoms with Crippen molar-refractivity contribution < 1.29 is 0 Å². The zero-order chi connectivity index (χ0) is 10.4. The molecule has 1 saturated carbocycles. The van der Waals surface area contributed by atoms with E-state index >= 15 is 0 Å². The minimum Gasteiger partial charge on any atom is -0.382 e. The molecule has 1 aliphatic heterocycles. The molecule has 80 valence electrons. The number of hydrogen-bond acceptors (Lipinski definition) is 2. The molecule has 1 fully saturated rings. The Labute approximate surface area is 95.2 Å². The maximum Gasteiger partial charge on any atom is 0.0603 e. The number of anilines is 2. The molecule has 1 N–H and O–H groups in total. The van der Waals surface area contributed by atoms with Crippen molar-refractivity contribution in [3.05, 3.63) is 22.7 Å². The van der Waals surface area contributed by atoms with E-state index in [0.717, 1.165) is 24.0 Å². The summed E-state index contributed by atoms with van der Waals surface area (Å²) in [5, 5.41) is 4.32. The number of nitrogens with one attached hydrogen (secondary N) is 1. The van der Waals surface area contributed by atoms with Gasteiger partial charge in [0, 0.05) is 25.2 Å². The lowest BCUT2D eigenvalue weighted by Gasteiger charge is -2.29. The van der Waals surface area contributed by atoms with Crippen LogP contribution in [0, 0.1) is 0 Å². The Morgan fingerprint density at radius 1 is 1.40 bits per heavy atom. The number of benzene rings is 1. The first kappa shape index (κ1) is 9.34. The summed E-state index contributed by atoms with van der Waals surface area (Å²) in [5.74, 6) is 0.720. The standard InChI is InChI=1S/C12H15ClN2/c1-15-5-4-14-11-7-10(13)9(6-12(11)15)8-2-3-8/h6-8,14H,2-5H2,1H3.